The number of ether oxygens (including phenoxy) is 1. The molecule has 7 heteroatoms. The molecule has 2 heterocycles. The number of aromatic amines is 1. The summed E-state index contributed by atoms with van der Waals surface area (Å²) in [5.41, 5.74) is 3.63. The third kappa shape index (κ3) is 3.17. The Morgan fingerprint density at radius 3 is 2.60 bits per heavy atom. The molecule has 3 aromatic rings. The van der Waals surface area contributed by atoms with E-state index in [0.717, 1.165) is 16.8 Å². The normalized spacial score (nSPS) is 11.0. The molecule has 0 radical (unpaired) electrons. The zero-order valence-corrected chi connectivity index (χ0v) is 15.0. The SMILES string of the molecule is CCOC(=O)Cc1c(C)nc2c(-c3ccc(Cl)cc3)c(C)[nH]n2c1=O. The fraction of sp³-hybridized carbons (Fsp3) is 0.278. The average Bonchev–Trinajstić information content (AvgIpc) is 2.89. The maximum absolute atomic E-state index is 12.8. The molecule has 130 valence electrons. The number of nitrogens with zero attached hydrogens (tertiary/aromatic N) is 2. The van der Waals surface area contributed by atoms with Crippen LogP contribution in [-0.2, 0) is 16.0 Å². The van der Waals surface area contributed by atoms with Crippen LogP contribution >= 0.6 is 11.6 Å². The van der Waals surface area contributed by atoms with Gasteiger partial charge in [-0.1, -0.05) is 23.7 Å². The molecule has 0 saturated carbocycles. The van der Waals surface area contributed by atoms with Gasteiger partial charge >= 0.3 is 5.97 Å². The number of hydrogen-bond acceptors (Lipinski definition) is 4. The third-order valence-electron chi connectivity index (χ3n) is 4.02. The molecule has 0 amide bonds. The van der Waals surface area contributed by atoms with Crippen molar-refractivity contribution < 1.29 is 9.53 Å². The van der Waals surface area contributed by atoms with Gasteiger partial charge < -0.3 is 4.74 Å². The second-order valence-corrected chi connectivity index (χ2v) is 6.18. The van der Waals surface area contributed by atoms with E-state index in [4.69, 9.17) is 16.3 Å². The van der Waals surface area contributed by atoms with Gasteiger partial charge in [0.25, 0.3) is 5.56 Å². The Morgan fingerprint density at radius 2 is 1.96 bits per heavy atom. The Bertz CT molecular complexity index is 1000. The molecule has 0 bridgehead atoms. The number of hydrogen-bond donors (Lipinski definition) is 1. The second-order valence-electron chi connectivity index (χ2n) is 5.74. The predicted octanol–water partition coefficient (Wildman–Crippen LogP) is 3.07. The molecular weight excluding hydrogens is 342 g/mol. The maximum atomic E-state index is 12.8. The van der Waals surface area contributed by atoms with Crippen LogP contribution in [0, 0.1) is 13.8 Å². The molecule has 0 aliphatic heterocycles. The molecule has 0 fully saturated rings. The summed E-state index contributed by atoms with van der Waals surface area (Å²) in [4.78, 5) is 29.1. The van der Waals surface area contributed by atoms with Crippen molar-refractivity contribution >= 4 is 23.2 Å². The number of H-pyrrole nitrogens is 1. The highest BCUT2D eigenvalue weighted by molar-refractivity contribution is 6.30. The van der Waals surface area contributed by atoms with Crippen LogP contribution in [0.2, 0.25) is 5.02 Å². The first-order chi connectivity index (χ1) is 11.9. The van der Waals surface area contributed by atoms with Gasteiger partial charge in [0.2, 0.25) is 0 Å². The Hall–Kier alpha value is -2.60. The van der Waals surface area contributed by atoms with Crippen LogP contribution in [0.3, 0.4) is 0 Å². The van der Waals surface area contributed by atoms with E-state index >= 15 is 0 Å². The minimum Gasteiger partial charge on any atom is -0.466 e. The molecule has 1 N–H and O–H groups in total. The van der Waals surface area contributed by atoms with E-state index in [1.165, 1.54) is 4.52 Å². The first kappa shape index (κ1) is 17.2. The topological polar surface area (TPSA) is 76.5 Å². The summed E-state index contributed by atoms with van der Waals surface area (Å²) >= 11 is 5.95. The zero-order chi connectivity index (χ0) is 18.1. The molecule has 25 heavy (non-hydrogen) atoms. The molecule has 1 aromatic carbocycles. The fourth-order valence-corrected chi connectivity index (χ4v) is 2.97. The minimum atomic E-state index is -0.439. The molecule has 2 aromatic heterocycles. The highest BCUT2D eigenvalue weighted by Crippen LogP contribution is 2.28. The third-order valence-corrected chi connectivity index (χ3v) is 4.27. The number of benzene rings is 1. The lowest BCUT2D eigenvalue weighted by Crippen LogP contribution is -2.24. The summed E-state index contributed by atoms with van der Waals surface area (Å²) in [6, 6.07) is 7.35. The summed E-state index contributed by atoms with van der Waals surface area (Å²) < 4.78 is 6.32. The van der Waals surface area contributed by atoms with E-state index in [2.05, 4.69) is 10.1 Å². The van der Waals surface area contributed by atoms with E-state index in [1.54, 1.807) is 26.0 Å². The van der Waals surface area contributed by atoms with Gasteiger partial charge in [-0.05, 0) is 38.5 Å². The number of esters is 1. The van der Waals surface area contributed by atoms with Crippen LogP contribution < -0.4 is 5.56 Å². The molecule has 3 rings (SSSR count). The lowest BCUT2D eigenvalue weighted by atomic mass is 10.1. The smallest absolute Gasteiger partial charge is 0.310 e. The maximum Gasteiger partial charge on any atom is 0.310 e. The fourth-order valence-electron chi connectivity index (χ4n) is 2.85. The molecule has 0 aliphatic rings. The van der Waals surface area contributed by atoms with Gasteiger partial charge in [-0.3, -0.25) is 14.7 Å². The number of fused-ring (bicyclic) bond motifs is 1. The molecular formula is C18H18ClN3O3. The Morgan fingerprint density at radius 1 is 1.28 bits per heavy atom. The van der Waals surface area contributed by atoms with Crippen LogP contribution in [0.25, 0.3) is 16.8 Å². The highest BCUT2D eigenvalue weighted by atomic mass is 35.5. The largest absolute Gasteiger partial charge is 0.466 e. The summed E-state index contributed by atoms with van der Waals surface area (Å²) in [6.45, 7) is 5.60. The van der Waals surface area contributed by atoms with E-state index in [-0.39, 0.29) is 18.6 Å². The van der Waals surface area contributed by atoms with E-state index in [9.17, 15) is 9.59 Å². The van der Waals surface area contributed by atoms with Gasteiger partial charge in [0.1, 0.15) is 0 Å². The van der Waals surface area contributed by atoms with Crippen LogP contribution in [-0.4, -0.2) is 27.2 Å². The van der Waals surface area contributed by atoms with Gasteiger partial charge in [0, 0.05) is 22.0 Å². The van der Waals surface area contributed by atoms with Crippen LogP contribution in [0.1, 0.15) is 23.9 Å². The van der Waals surface area contributed by atoms with Gasteiger partial charge in [-0.25, -0.2) is 9.50 Å². The summed E-state index contributed by atoms with van der Waals surface area (Å²) in [6.07, 6.45) is -0.0945. The van der Waals surface area contributed by atoms with Crippen molar-refractivity contribution in [2.45, 2.75) is 27.2 Å². The lowest BCUT2D eigenvalue weighted by molar-refractivity contribution is -0.142. The standard InChI is InChI=1S/C18H18ClN3O3/c1-4-25-15(23)9-14-10(2)20-17-16(11(3)21-22(17)18(14)24)12-5-7-13(19)8-6-12/h5-8,21H,4,9H2,1-3H3. The van der Waals surface area contributed by atoms with Crippen LogP contribution in [0.5, 0.6) is 0 Å². The highest BCUT2D eigenvalue weighted by Gasteiger charge is 2.19. The van der Waals surface area contributed by atoms with Gasteiger partial charge in [-0.2, -0.15) is 0 Å². The van der Waals surface area contributed by atoms with Gasteiger partial charge in [-0.15, -0.1) is 0 Å². The zero-order valence-electron chi connectivity index (χ0n) is 14.2. The quantitative estimate of drug-likeness (QED) is 0.726. The van der Waals surface area contributed by atoms with Crippen molar-refractivity contribution in [3.8, 4) is 11.1 Å². The number of halogens is 1. The number of aryl methyl sites for hydroxylation is 2. The van der Waals surface area contributed by atoms with Gasteiger partial charge in [0.05, 0.1) is 18.6 Å². The summed E-state index contributed by atoms with van der Waals surface area (Å²) in [5, 5.41) is 3.68. The van der Waals surface area contributed by atoms with E-state index < -0.39 is 5.97 Å². The molecule has 0 spiro atoms. The Kier molecular flexibility index (Phi) is 4.63. The lowest BCUT2D eigenvalue weighted by Gasteiger charge is -2.06. The second kappa shape index (κ2) is 6.72. The monoisotopic (exact) mass is 359 g/mol. The van der Waals surface area contributed by atoms with Crippen molar-refractivity contribution in [3.05, 3.63) is 56.6 Å². The molecule has 0 unspecified atom stereocenters. The Labute approximate surface area is 149 Å². The minimum absolute atomic E-state index is 0.0945. The van der Waals surface area contributed by atoms with Crippen molar-refractivity contribution in [3.63, 3.8) is 0 Å². The molecule has 0 aliphatic carbocycles. The van der Waals surface area contributed by atoms with E-state index in [0.29, 0.717) is 21.9 Å². The molecule has 0 saturated heterocycles. The van der Waals surface area contributed by atoms with Crippen molar-refractivity contribution in [1.29, 1.82) is 0 Å². The van der Waals surface area contributed by atoms with Gasteiger partial charge in [0.15, 0.2) is 5.65 Å². The summed E-state index contributed by atoms with van der Waals surface area (Å²) in [7, 11) is 0. The molecule has 6 nitrogen and oxygen atoms in total. The molecule has 0 atom stereocenters. The predicted molar refractivity (Wildman–Crippen MR) is 96.1 cm³/mol. The number of carbonyl (C=O) groups is 1. The first-order valence-corrected chi connectivity index (χ1v) is 8.32. The number of carbonyl (C=O) groups excluding carboxylic acids is 1. The van der Waals surface area contributed by atoms with Crippen molar-refractivity contribution in [1.82, 2.24) is 14.6 Å². The van der Waals surface area contributed by atoms with Crippen molar-refractivity contribution in [2.24, 2.45) is 0 Å². The number of rotatable bonds is 4. The number of aromatic nitrogens is 3. The van der Waals surface area contributed by atoms with E-state index in [1.807, 2.05) is 19.1 Å². The first-order valence-electron chi connectivity index (χ1n) is 7.94. The number of nitrogens with one attached hydrogen (secondary N) is 1. The average molecular weight is 360 g/mol. The van der Waals surface area contributed by atoms with Crippen LogP contribution in [0.15, 0.2) is 29.1 Å². The Balaban J connectivity index is 2.17. The summed E-state index contributed by atoms with van der Waals surface area (Å²) in [5.74, 6) is -0.439. The van der Waals surface area contributed by atoms with Crippen molar-refractivity contribution in [2.75, 3.05) is 6.61 Å². The van der Waals surface area contributed by atoms with Crippen LogP contribution in [0.4, 0.5) is 0 Å².